The Morgan fingerprint density at radius 1 is 0.769 bits per heavy atom. The molecule has 0 aliphatic rings. The maximum Gasteiger partial charge on any atom is 0.394 e. The molecule has 0 aromatic rings. The van der Waals surface area contributed by atoms with Gasteiger partial charge in [0.15, 0.2) is 0 Å². The highest BCUT2D eigenvalue weighted by Gasteiger charge is 1.95. The molecule has 26 heavy (non-hydrogen) atoms. The average molecular weight is 399 g/mol. The van der Waals surface area contributed by atoms with Crippen LogP contribution in [0.5, 0.6) is 0 Å². The predicted octanol–water partition coefficient (Wildman–Crippen LogP) is 4.63. The van der Waals surface area contributed by atoms with Crippen molar-refractivity contribution in [2.75, 3.05) is 0 Å². The van der Waals surface area contributed by atoms with Crippen molar-refractivity contribution in [2.45, 2.75) is 96.8 Å². The third-order valence-corrected chi connectivity index (χ3v) is 3.65. The molecule has 0 aromatic heterocycles. The van der Waals surface area contributed by atoms with E-state index in [0.29, 0.717) is 6.42 Å². The predicted molar refractivity (Wildman–Crippen MR) is 105 cm³/mol. The highest BCUT2D eigenvalue weighted by atomic mass is 32.3. The first-order valence-corrected chi connectivity index (χ1v) is 10.7. The normalized spacial score (nSPS) is 10.9. The summed E-state index contributed by atoms with van der Waals surface area (Å²) in [5.41, 5.74) is 0. The first kappa shape index (κ1) is 29.8. The van der Waals surface area contributed by atoms with Crippen LogP contribution in [0.15, 0.2) is 12.2 Å². The molecule has 0 heterocycles. The van der Waals surface area contributed by atoms with Gasteiger partial charge in [0.25, 0.3) is 0 Å². The number of hydrogen-bond acceptors (Lipinski definition) is 3. The molecule has 0 rings (SSSR count). The van der Waals surface area contributed by atoms with Gasteiger partial charge in [0.1, 0.15) is 0 Å². The van der Waals surface area contributed by atoms with Crippen LogP contribution in [0.2, 0.25) is 0 Å². The van der Waals surface area contributed by atoms with Crippen molar-refractivity contribution in [1.29, 1.82) is 0 Å². The molecule has 5 N–H and O–H groups in total. The molecule has 8 heteroatoms. The van der Waals surface area contributed by atoms with Gasteiger partial charge in [-0.1, -0.05) is 70.4 Å². The minimum atomic E-state index is -4.67. The van der Waals surface area contributed by atoms with E-state index >= 15 is 0 Å². The maximum absolute atomic E-state index is 10.3. The number of hydrogen-bond donors (Lipinski definition) is 3. The van der Waals surface area contributed by atoms with Gasteiger partial charge in [-0.05, 0) is 32.1 Å². The smallest absolute Gasteiger partial charge is 0.394 e. The summed E-state index contributed by atoms with van der Waals surface area (Å²) in [6.45, 7) is 2.26. The van der Waals surface area contributed by atoms with Crippen LogP contribution >= 0.6 is 0 Å². The number of aliphatic carboxylic acids is 1. The molecular formula is C18H38O7S. The van der Waals surface area contributed by atoms with Crippen LogP contribution in [-0.4, -0.2) is 34.1 Å². The summed E-state index contributed by atoms with van der Waals surface area (Å²) in [6, 6.07) is 0. The van der Waals surface area contributed by atoms with Gasteiger partial charge in [0.05, 0.1) is 0 Å². The lowest BCUT2D eigenvalue weighted by molar-refractivity contribution is -0.137. The van der Waals surface area contributed by atoms with Gasteiger partial charge in [0, 0.05) is 6.42 Å². The fourth-order valence-corrected chi connectivity index (χ4v) is 2.35. The number of unbranched alkanes of at least 4 members (excludes halogenated alkanes) is 11. The Bertz CT molecular complexity index is 411. The molecule has 7 nitrogen and oxygen atoms in total. The Morgan fingerprint density at radius 2 is 1.12 bits per heavy atom. The van der Waals surface area contributed by atoms with E-state index in [1.807, 2.05) is 0 Å². The number of carboxylic acids is 1. The van der Waals surface area contributed by atoms with Crippen LogP contribution < -0.4 is 0 Å². The molecule has 0 bridgehead atoms. The van der Waals surface area contributed by atoms with Crippen LogP contribution in [0.25, 0.3) is 0 Å². The second-order valence-electron chi connectivity index (χ2n) is 6.18. The first-order valence-electron chi connectivity index (χ1n) is 9.34. The van der Waals surface area contributed by atoms with Crippen LogP contribution in [0, 0.1) is 0 Å². The zero-order valence-corrected chi connectivity index (χ0v) is 16.8. The second-order valence-corrected chi connectivity index (χ2v) is 7.07. The molecule has 0 aliphatic heterocycles. The van der Waals surface area contributed by atoms with Crippen molar-refractivity contribution < 1.29 is 32.9 Å². The number of carboxylic acid groups (broad SMARTS) is 1. The zero-order chi connectivity index (χ0) is 19.4. The Hall–Kier alpha value is -0.960. The molecule has 0 amide bonds. The van der Waals surface area contributed by atoms with Crippen molar-refractivity contribution in [3.8, 4) is 0 Å². The first-order chi connectivity index (χ1) is 11.8. The summed E-state index contributed by atoms with van der Waals surface area (Å²) in [7, 11) is -4.67. The van der Waals surface area contributed by atoms with E-state index in [1.165, 1.54) is 70.6 Å². The number of rotatable bonds is 15. The minimum absolute atomic E-state index is 0. The summed E-state index contributed by atoms with van der Waals surface area (Å²) in [5, 5.41) is 8.51. The van der Waals surface area contributed by atoms with E-state index in [2.05, 4.69) is 19.1 Å². The number of allylic oxidation sites excluding steroid dienone is 2. The third-order valence-electron chi connectivity index (χ3n) is 3.65. The van der Waals surface area contributed by atoms with Gasteiger partial charge in [-0.2, -0.15) is 8.42 Å². The monoisotopic (exact) mass is 398 g/mol. The molecule has 0 atom stereocenters. The molecule has 0 aliphatic carbocycles. The highest BCUT2D eigenvalue weighted by molar-refractivity contribution is 7.79. The number of carbonyl (C=O) groups is 1. The van der Waals surface area contributed by atoms with Gasteiger partial charge in [-0.25, -0.2) is 0 Å². The topological polar surface area (TPSA) is 143 Å². The quantitative estimate of drug-likeness (QED) is 0.208. The Morgan fingerprint density at radius 3 is 1.50 bits per heavy atom. The summed E-state index contributed by atoms with van der Waals surface area (Å²) >= 11 is 0. The van der Waals surface area contributed by atoms with Crippen LogP contribution in [0.4, 0.5) is 0 Å². The molecule has 0 aromatic carbocycles. The largest absolute Gasteiger partial charge is 0.481 e. The maximum atomic E-state index is 10.3. The van der Waals surface area contributed by atoms with E-state index in [1.54, 1.807) is 0 Å². The summed E-state index contributed by atoms with van der Waals surface area (Å²) in [5.74, 6) is -0.664. The van der Waals surface area contributed by atoms with Gasteiger partial charge in [-0.15, -0.1) is 0 Å². The van der Waals surface area contributed by atoms with E-state index in [4.69, 9.17) is 22.6 Å². The highest BCUT2D eigenvalue weighted by Crippen LogP contribution is 2.09. The van der Waals surface area contributed by atoms with Crippen LogP contribution in [-0.2, 0) is 15.2 Å². The Kier molecular flexibility index (Phi) is 25.3. The molecule has 0 spiro atoms. The molecule has 158 valence electrons. The van der Waals surface area contributed by atoms with Crippen molar-refractivity contribution in [3.63, 3.8) is 0 Å². The Balaban J connectivity index is -0.000000772. The Labute approximate surface area is 158 Å². The van der Waals surface area contributed by atoms with E-state index in [9.17, 15) is 4.79 Å². The van der Waals surface area contributed by atoms with Gasteiger partial charge < -0.3 is 10.6 Å². The van der Waals surface area contributed by atoms with Gasteiger partial charge in [0.2, 0.25) is 0 Å². The summed E-state index contributed by atoms with van der Waals surface area (Å²) in [4.78, 5) is 10.3. The fraction of sp³-hybridized carbons (Fsp3) is 0.833. The van der Waals surface area contributed by atoms with Crippen LogP contribution in [0.3, 0.4) is 0 Å². The minimum Gasteiger partial charge on any atom is -0.481 e. The van der Waals surface area contributed by atoms with Gasteiger partial charge >= 0.3 is 16.4 Å². The molecule has 0 unspecified atom stereocenters. The lowest BCUT2D eigenvalue weighted by atomic mass is 10.1. The molecule has 0 radical (unpaired) electrons. The third kappa shape index (κ3) is 43.5. The molecule has 0 saturated carbocycles. The lowest BCUT2D eigenvalue weighted by Crippen LogP contribution is -1.93. The summed E-state index contributed by atoms with van der Waals surface area (Å²) < 4.78 is 31.6. The SMILES string of the molecule is CCCCCCCC/C=C\CCCCCCCC(=O)O.O.O=S(=O)(O)O. The van der Waals surface area contributed by atoms with E-state index in [-0.39, 0.29) is 5.48 Å². The molecule has 0 fully saturated rings. The molecular weight excluding hydrogens is 360 g/mol. The van der Waals surface area contributed by atoms with Crippen molar-refractivity contribution in [1.82, 2.24) is 0 Å². The van der Waals surface area contributed by atoms with Crippen molar-refractivity contribution in [2.24, 2.45) is 0 Å². The van der Waals surface area contributed by atoms with Crippen molar-refractivity contribution in [3.05, 3.63) is 12.2 Å². The van der Waals surface area contributed by atoms with Crippen LogP contribution in [0.1, 0.15) is 96.8 Å². The average Bonchev–Trinajstić information content (AvgIpc) is 2.49. The van der Waals surface area contributed by atoms with E-state index < -0.39 is 16.4 Å². The molecule has 0 saturated heterocycles. The van der Waals surface area contributed by atoms with E-state index in [0.717, 1.165) is 12.8 Å². The van der Waals surface area contributed by atoms with Gasteiger partial charge in [-0.3, -0.25) is 13.9 Å². The summed E-state index contributed by atoms with van der Waals surface area (Å²) in [6.07, 6.45) is 21.2. The standard InChI is InChI=1S/C18H34O2.H2O4S.H2O/c1-2-3-4-5-6-7-8-9-10-11-12-13-14-15-16-17-18(19)20;1-5(2,3)4;/h9-10H,2-8,11-17H2,1H3,(H,19,20);(H2,1,2,3,4);1H2/b10-9-;;. The second kappa shape index (κ2) is 22.1. The van der Waals surface area contributed by atoms with Crippen molar-refractivity contribution >= 4 is 16.4 Å². The fourth-order valence-electron chi connectivity index (χ4n) is 2.35. The lowest BCUT2D eigenvalue weighted by Gasteiger charge is -1.99. The zero-order valence-electron chi connectivity index (χ0n) is 16.0.